The average Bonchev–Trinajstić information content (AvgIpc) is 1.60. The molecule has 14 amide bonds. The number of primary amides is 1. The van der Waals surface area contributed by atoms with Gasteiger partial charge in [0.2, 0.25) is 76.8 Å². The molecule has 126 heavy (non-hydrogen) atoms. The summed E-state index contributed by atoms with van der Waals surface area (Å²) in [5, 5.41) is 78.5. The molecule has 2 aliphatic rings. The number of aliphatic hydroxyl groups is 1. The molecule has 14 atom stereocenters. The molecule has 1 aliphatic carbocycles. The van der Waals surface area contributed by atoms with Crippen molar-refractivity contribution >= 4 is 145 Å². The molecular formula is C77H94N18O30S. The SMILES string of the molecule is C[C@H](CC(=O)O)[C@@H]1NC(=O)[C@@H](CO)NC(=O)CNC(=O)[C@H](CC(=O)O)NC(=O)[C@@H](C)NC(=O)[C@H](CC(=O)O)NC(=O)[C@H](CCCNC(=O)OCC2c3ccccc3-c3ccc(S(=O)(=O)ON)cc32)NC(=O)CNC(=O)[C@@H](NC(=O)[C@H](CC(=O)O)NC(=O)[C@@H](CC(N)=O)NC(=O)C(N)Cc2c[nH]c3ccccc23)[C@@H](C)OC(=O)[C@H](CC(=O)c2ccccc2N)NC1=O. The fraction of sp³-hybridized carbons (Fsp3) is 0.403. The predicted octanol–water partition coefficient (Wildman–Crippen LogP) is -6.76. The fourth-order valence-corrected chi connectivity index (χ4v) is 13.8. The van der Waals surface area contributed by atoms with Crippen LogP contribution in [-0.4, -0.2) is 263 Å². The zero-order valence-electron chi connectivity index (χ0n) is 67.4. The van der Waals surface area contributed by atoms with Gasteiger partial charge in [0, 0.05) is 47.2 Å². The van der Waals surface area contributed by atoms with Gasteiger partial charge in [-0.1, -0.05) is 67.6 Å². The molecule has 0 radical (unpaired) electrons. The Balaban J connectivity index is 1.26. The van der Waals surface area contributed by atoms with Crippen molar-refractivity contribution in [1.82, 2.24) is 74.1 Å². The van der Waals surface area contributed by atoms with E-state index in [9.17, 15) is 130 Å². The number of benzene rings is 4. The maximum atomic E-state index is 14.9. The number of carbonyl (C=O) groups excluding carboxylic acids is 16. The number of aliphatic hydroxyl groups excluding tert-OH is 1. The molecule has 5 aromatic rings. The number of H-pyrrole nitrogens is 1. The first-order valence-electron chi connectivity index (χ1n) is 38.5. The van der Waals surface area contributed by atoms with Gasteiger partial charge in [0.25, 0.3) is 0 Å². The van der Waals surface area contributed by atoms with E-state index in [1.165, 1.54) is 42.5 Å². The molecule has 1 aliphatic heterocycles. The molecular weight excluding hydrogens is 1690 g/mol. The number of anilines is 1. The number of para-hydroxylation sites is 2. The van der Waals surface area contributed by atoms with Crippen molar-refractivity contribution in [2.45, 2.75) is 162 Å². The van der Waals surface area contributed by atoms with E-state index in [1.54, 1.807) is 54.7 Å². The van der Waals surface area contributed by atoms with Gasteiger partial charge in [0.05, 0.1) is 62.7 Å². The van der Waals surface area contributed by atoms with E-state index in [4.69, 9.17) is 32.6 Å². The highest BCUT2D eigenvalue weighted by atomic mass is 32.2. The monoisotopic (exact) mass is 1780 g/mol. The van der Waals surface area contributed by atoms with Crippen LogP contribution in [-0.2, 0) is 117 Å². The molecule has 1 saturated heterocycles. The summed E-state index contributed by atoms with van der Waals surface area (Å²) in [6.45, 7) is -1.92. The first-order chi connectivity index (χ1) is 59.5. The maximum Gasteiger partial charge on any atom is 0.407 e. The summed E-state index contributed by atoms with van der Waals surface area (Å²) in [6, 6.07) is -0.507. The highest BCUT2D eigenvalue weighted by Crippen LogP contribution is 2.46. The molecule has 49 heteroatoms. The number of Topliss-reactive ketones (excluding diaryl/α,β-unsaturated/α-hetero) is 1. The van der Waals surface area contributed by atoms with Crippen LogP contribution in [0.4, 0.5) is 10.5 Å². The van der Waals surface area contributed by atoms with E-state index in [2.05, 4.69) is 57.1 Å². The molecule has 0 saturated carbocycles. The number of rotatable bonds is 31. The molecule has 1 aromatic heterocycles. The molecule has 0 bridgehead atoms. The summed E-state index contributed by atoms with van der Waals surface area (Å²) in [6.07, 6.45) is -10.2. The normalized spacial score (nSPS) is 21.3. The predicted molar refractivity (Wildman–Crippen MR) is 430 cm³/mol. The summed E-state index contributed by atoms with van der Waals surface area (Å²) in [5.41, 5.74) is 20.7. The van der Waals surface area contributed by atoms with Gasteiger partial charge >= 0.3 is 46.1 Å². The minimum atomic E-state index is -4.44. The smallest absolute Gasteiger partial charge is 0.407 e. The Hall–Kier alpha value is -14.6. The number of nitrogens with one attached hydrogen (secondary N) is 14. The molecule has 27 N–H and O–H groups in total. The van der Waals surface area contributed by atoms with Crippen LogP contribution in [0.3, 0.4) is 0 Å². The number of aliphatic carboxylic acids is 4. The number of carbonyl (C=O) groups is 20. The number of alkyl carbamates (subject to hydrolysis) is 1. The zero-order chi connectivity index (χ0) is 93.1. The topological polar surface area (TPSA) is 781 Å². The number of aromatic amines is 1. The summed E-state index contributed by atoms with van der Waals surface area (Å²) in [5.74, 6) is -25.8. The van der Waals surface area contributed by atoms with Gasteiger partial charge in [0.1, 0.15) is 73.1 Å². The van der Waals surface area contributed by atoms with E-state index >= 15 is 0 Å². The summed E-state index contributed by atoms with van der Waals surface area (Å²) in [4.78, 5) is 277. The van der Waals surface area contributed by atoms with Crippen molar-refractivity contribution < 1.29 is 144 Å². The van der Waals surface area contributed by atoms with Crippen molar-refractivity contribution in [3.8, 4) is 11.1 Å². The molecule has 2 unspecified atom stereocenters. The molecule has 1 fully saturated rings. The average molecular weight is 1780 g/mol. The maximum absolute atomic E-state index is 14.9. The third-order valence-electron chi connectivity index (χ3n) is 19.6. The third kappa shape index (κ3) is 28.2. The fourth-order valence-electron chi connectivity index (χ4n) is 13.2. The van der Waals surface area contributed by atoms with Crippen LogP contribution in [0.2, 0.25) is 0 Å². The van der Waals surface area contributed by atoms with E-state index in [-0.39, 0.29) is 29.0 Å². The van der Waals surface area contributed by atoms with Gasteiger partial charge < -0.3 is 126 Å². The van der Waals surface area contributed by atoms with Crippen LogP contribution in [0.15, 0.2) is 102 Å². The second kappa shape index (κ2) is 45.5. The number of hydrogen-bond donors (Lipinski definition) is 23. The largest absolute Gasteiger partial charge is 0.481 e. The van der Waals surface area contributed by atoms with E-state index in [0.29, 0.717) is 38.7 Å². The van der Waals surface area contributed by atoms with Crippen molar-refractivity contribution in [3.63, 3.8) is 0 Å². The number of aromatic nitrogens is 1. The summed E-state index contributed by atoms with van der Waals surface area (Å²) in [7, 11) is -4.44. The van der Waals surface area contributed by atoms with Gasteiger partial charge in [-0.3, -0.25) is 86.3 Å². The molecule has 2 heterocycles. The van der Waals surface area contributed by atoms with Gasteiger partial charge in [-0.25, -0.2) is 9.59 Å². The number of cyclic esters (lactones) is 1. The van der Waals surface area contributed by atoms with E-state index in [1.807, 2.05) is 21.3 Å². The summed E-state index contributed by atoms with van der Waals surface area (Å²) >= 11 is 0. The minimum absolute atomic E-state index is 0.175. The number of carboxylic acids is 4. The number of hydrogen-bond acceptors (Lipinski definition) is 29. The van der Waals surface area contributed by atoms with Crippen molar-refractivity contribution in [2.75, 3.05) is 38.6 Å². The Morgan fingerprint density at radius 3 is 1.81 bits per heavy atom. The zero-order valence-corrected chi connectivity index (χ0v) is 68.2. The standard InChI is InChI=1S/C77H94N18O30S/c1-34(21-60(101)102)64-75(118)93-54(24-56(97)43-14-6-8-15-46(43)78)76(119)124-36(3)65(95-72(115)53(28-63(107)108)92-71(114)50(25-57(80)98)90-67(110)47(79)22-37-29-83-48-16-9-7-11-39(37)48)74(117)85-31-58(99)87-49(17-10-20-82-77(120)123-33-45-41-13-5-4-12-40(41)42-19-18-38(23-44(42)45)126(121,122)125-81)69(112)91-52(27-62(105)106)70(113)86-35(2)66(109)89-51(26-61(103)104)68(111)84-30-59(100)88-55(32-96)73(116)94-64/h4-9,11-16,18-19,23,29,34-36,45,47,49-55,64-65,83,96H,10,17,20-22,24-28,30-33,78-79,81H2,1-3H3,(H2,80,98)(H,82,120)(H,84,111)(H,85,117)(H,86,113)(H,87,99)(H,88,100)(H,89,109)(H,90,110)(H,91,112)(H,92,114)(H,93,118)(H,94,116)(H,95,115)(H,101,102)(H,103,104)(H,105,106)(H,107,108)/t34-,35-,36-,45?,47?,49+,50-,51+,52+,53+,54+,55-,64+,65+/m1/s1. The Labute approximate surface area is 714 Å². The van der Waals surface area contributed by atoms with Crippen LogP contribution < -0.4 is 92.2 Å². The first-order valence-corrected chi connectivity index (χ1v) is 39.9. The molecule has 0 spiro atoms. The number of ketones is 1. The van der Waals surface area contributed by atoms with Crippen LogP contribution in [0, 0.1) is 5.92 Å². The number of fused-ring (bicyclic) bond motifs is 4. The second-order valence-electron chi connectivity index (χ2n) is 29.0. The molecule has 7 rings (SSSR count). The van der Waals surface area contributed by atoms with Crippen LogP contribution >= 0.6 is 0 Å². The lowest BCUT2D eigenvalue weighted by atomic mass is 9.96. The highest BCUT2D eigenvalue weighted by molar-refractivity contribution is 7.86. The Kier molecular flexibility index (Phi) is 35.6. The highest BCUT2D eigenvalue weighted by Gasteiger charge is 2.42. The lowest BCUT2D eigenvalue weighted by molar-refractivity contribution is -0.156. The lowest BCUT2D eigenvalue weighted by Crippen LogP contribution is -2.61. The lowest BCUT2D eigenvalue weighted by Gasteiger charge is -2.30. The van der Waals surface area contributed by atoms with Gasteiger partial charge in [-0.2, -0.15) is 18.6 Å². The number of ether oxygens (including phenoxy) is 2. The molecule has 678 valence electrons. The minimum Gasteiger partial charge on any atom is -0.481 e. The van der Waals surface area contributed by atoms with Crippen molar-refractivity contribution in [3.05, 3.63) is 119 Å². The van der Waals surface area contributed by atoms with Gasteiger partial charge in [-0.05, 0) is 97.2 Å². The van der Waals surface area contributed by atoms with Crippen LogP contribution in [0.1, 0.15) is 105 Å². The molecule has 48 nitrogen and oxygen atoms in total. The number of carboxylic acid groups (broad SMARTS) is 4. The summed E-state index contributed by atoms with van der Waals surface area (Å²) < 4.78 is 40.7. The Morgan fingerprint density at radius 1 is 0.595 bits per heavy atom. The number of esters is 1. The van der Waals surface area contributed by atoms with Crippen molar-refractivity contribution in [1.29, 1.82) is 0 Å². The van der Waals surface area contributed by atoms with Crippen molar-refractivity contribution in [2.24, 2.45) is 23.3 Å². The number of nitrogen functional groups attached to an aromatic ring is 1. The Morgan fingerprint density at radius 2 is 1.17 bits per heavy atom. The number of nitrogens with two attached hydrogens (primary N) is 4. The van der Waals surface area contributed by atoms with Crippen LogP contribution in [0.5, 0.6) is 0 Å². The van der Waals surface area contributed by atoms with Gasteiger partial charge in [-0.15, -0.1) is 0 Å². The second-order valence-corrected chi connectivity index (χ2v) is 30.6. The third-order valence-corrected chi connectivity index (χ3v) is 20.7. The Bertz CT molecular complexity index is 5140. The van der Waals surface area contributed by atoms with E-state index < -0.39 is 291 Å². The first kappa shape index (κ1) is 98.5. The quantitative estimate of drug-likeness (QED) is 0.00645. The molecule has 4 aromatic carbocycles. The van der Waals surface area contributed by atoms with Gasteiger partial charge in [0.15, 0.2) is 5.78 Å². The van der Waals surface area contributed by atoms with E-state index in [0.717, 1.165) is 20.8 Å². The number of amides is 14. The van der Waals surface area contributed by atoms with Crippen LogP contribution in [0.25, 0.3) is 22.0 Å².